The second-order valence-corrected chi connectivity index (χ2v) is 15.3. The number of nitrogens with zero attached hydrogens (tertiary/aromatic N) is 2. The molecule has 7 atom stereocenters. The third-order valence-corrected chi connectivity index (χ3v) is 11.8. The number of fused-ring (bicyclic) bond motifs is 9. The largest absolute Gasteiger partial charge is 0.504 e. The minimum absolute atomic E-state index is 0.0285. The lowest BCUT2D eigenvalue weighted by atomic mass is 9.73. The number of carbonyl (C=O) groups is 3. The van der Waals surface area contributed by atoms with Crippen molar-refractivity contribution >= 4 is 30.1 Å². The van der Waals surface area contributed by atoms with E-state index in [0.717, 1.165) is 11.1 Å². The Kier molecular flexibility index (Phi) is 10.2. The smallest absolute Gasteiger partial charge is 0.308 e. The molecular weight excluding hydrogens is 666 g/mol. The van der Waals surface area contributed by atoms with E-state index in [4.69, 9.17) is 23.7 Å². The van der Waals surface area contributed by atoms with E-state index in [2.05, 4.69) is 10.2 Å². The highest BCUT2D eigenvalue weighted by Gasteiger charge is 2.60. The van der Waals surface area contributed by atoms with E-state index in [9.17, 15) is 24.6 Å². The summed E-state index contributed by atoms with van der Waals surface area (Å²) in [5.41, 5.74) is 4.19. The number of esters is 1. The predicted octanol–water partition coefficient (Wildman–Crippen LogP) is 3.82. The molecule has 2 bridgehead atoms. The molecular formula is C36H47N3O10S. The first-order valence-corrected chi connectivity index (χ1v) is 18.0. The molecule has 13 nitrogen and oxygen atoms in total. The number of piperazine rings is 1. The van der Waals surface area contributed by atoms with E-state index in [1.165, 1.54) is 14.0 Å². The number of benzene rings is 2. The topological polar surface area (TPSA) is 156 Å². The number of methoxy groups -OCH3 is 1. The van der Waals surface area contributed by atoms with Crippen LogP contribution < -0.4 is 24.3 Å². The minimum Gasteiger partial charge on any atom is -0.504 e. The zero-order valence-electron chi connectivity index (χ0n) is 29.8. The first kappa shape index (κ1) is 36.1. The second-order valence-electron chi connectivity index (χ2n) is 14.1. The van der Waals surface area contributed by atoms with Crippen molar-refractivity contribution in [2.45, 2.75) is 96.1 Å². The van der Waals surface area contributed by atoms with E-state index < -0.39 is 35.6 Å². The summed E-state index contributed by atoms with van der Waals surface area (Å²) in [6.07, 6.45) is -0.206. The maximum Gasteiger partial charge on any atom is 0.308 e. The summed E-state index contributed by atoms with van der Waals surface area (Å²) in [4.78, 5) is 41.3. The number of rotatable bonds is 11. The number of aryl methyl sites for hydroxylation is 1. The van der Waals surface area contributed by atoms with Crippen molar-refractivity contribution < 1.29 is 48.3 Å². The highest BCUT2D eigenvalue weighted by atomic mass is 32.2. The Labute approximate surface area is 296 Å². The molecule has 1 amide bonds. The van der Waals surface area contributed by atoms with E-state index >= 15 is 0 Å². The molecule has 1 fully saturated rings. The Balaban J connectivity index is 1.60. The number of phenols is 1. The summed E-state index contributed by atoms with van der Waals surface area (Å²) in [6, 6.07) is -0.425. The van der Waals surface area contributed by atoms with Gasteiger partial charge in [-0.15, -0.1) is 11.8 Å². The molecule has 0 radical (unpaired) electrons. The van der Waals surface area contributed by atoms with Crippen LogP contribution in [-0.2, 0) is 25.5 Å². The van der Waals surface area contributed by atoms with Gasteiger partial charge in [0.1, 0.15) is 18.6 Å². The summed E-state index contributed by atoms with van der Waals surface area (Å²) >= 11 is 1.55. The van der Waals surface area contributed by atoms with Crippen LogP contribution in [0.2, 0.25) is 0 Å². The number of ether oxygens (including phenoxy) is 5. The van der Waals surface area contributed by atoms with Gasteiger partial charge in [0.05, 0.1) is 30.5 Å². The van der Waals surface area contributed by atoms with Crippen LogP contribution in [0, 0.1) is 19.8 Å². The average molecular weight is 714 g/mol. The Morgan fingerprint density at radius 2 is 1.86 bits per heavy atom. The molecule has 6 rings (SSSR count). The molecule has 3 N–H and O–H groups in total. The van der Waals surface area contributed by atoms with Crippen LogP contribution in [0.4, 0.5) is 0 Å². The summed E-state index contributed by atoms with van der Waals surface area (Å²) in [7, 11) is 3.46. The zero-order chi connectivity index (χ0) is 36.2. The van der Waals surface area contributed by atoms with Gasteiger partial charge in [-0.05, 0) is 51.3 Å². The lowest BCUT2D eigenvalue weighted by molar-refractivity contribution is -0.181. The maximum absolute atomic E-state index is 12.8. The molecule has 0 aliphatic carbocycles. The zero-order valence-corrected chi connectivity index (χ0v) is 30.6. The molecule has 4 aliphatic rings. The van der Waals surface area contributed by atoms with Gasteiger partial charge in [0, 0.05) is 53.4 Å². The molecule has 50 heavy (non-hydrogen) atoms. The lowest BCUT2D eigenvalue weighted by Gasteiger charge is -2.61. The first-order chi connectivity index (χ1) is 23.8. The van der Waals surface area contributed by atoms with Gasteiger partial charge in [-0.25, -0.2) is 0 Å². The van der Waals surface area contributed by atoms with Gasteiger partial charge in [-0.2, -0.15) is 0 Å². The number of hydrogen-bond acceptors (Lipinski definition) is 13. The van der Waals surface area contributed by atoms with Gasteiger partial charge in [-0.3, -0.25) is 24.2 Å². The monoisotopic (exact) mass is 713 g/mol. The van der Waals surface area contributed by atoms with E-state index in [-0.39, 0.29) is 43.1 Å². The van der Waals surface area contributed by atoms with Gasteiger partial charge in [0.25, 0.3) is 6.47 Å². The van der Waals surface area contributed by atoms with Crippen molar-refractivity contribution in [1.29, 1.82) is 0 Å². The Bertz CT molecular complexity index is 1680. The quantitative estimate of drug-likeness (QED) is 0.176. The van der Waals surface area contributed by atoms with Gasteiger partial charge < -0.3 is 39.2 Å². The fourth-order valence-corrected chi connectivity index (χ4v) is 9.84. The fourth-order valence-electron chi connectivity index (χ4n) is 8.37. The van der Waals surface area contributed by atoms with Crippen LogP contribution in [0.15, 0.2) is 6.07 Å². The maximum atomic E-state index is 12.8. The molecule has 4 aliphatic heterocycles. The predicted molar refractivity (Wildman–Crippen MR) is 185 cm³/mol. The van der Waals surface area contributed by atoms with Crippen molar-refractivity contribution in [3.8, 4) is 28.7 Å². The number of aliphatic hydroxyl groups is 1. The molecule has 14 heteroatoms. The van der Waals surface area contributed by atoms with Crippen molar-refractivity contribution in [1.82, 2.24) is 15.1 Å². The van der Waals surface area contributed by atoms with Crippen LogP contribution in [-0.4, -0.2) is 96.0 Å². The SMILES string of the molecule is COc1c(C)cc2c(c1O)[C@H]1C3[C@H](SC[C@@H](C)NC(=O)CC(C)C)c4c(OC(C)=O)c(C)c5c(c4[C@H](COC=O)N3[C@@H](O)[C@@H](C2)N1C)OCO5. The van der Waals surface area contributed by atoms with Crippen molar-refractivity contribution in [2.75, 3.05) is 33.3 Å². The van der Waals surface area contributed by atoms with Gasteiger partial charge in [0.2, 0.25) is 12.7 Å². The number of likely N-dealkylation sites (N-methyl/N-ethyl adjacent to an activating group) is 1. The van der Waals surface area contributed by atoms with E-state index in [1.54, 1.807) is 18.7 Å². The van der Waals surface area contributed by atoms with Gasteiger partial charge in [0.15, 0.2) is 23.0 Å². The van der Waals surface area contributed by atoms with E-state index in [0.29, 0.717) is 70.3 Å². The van der Waals surface area contributed by atoms with Crippen molar-refractivity contribution in [3.63, 3.8) is 0 Å². The number of aromatic hydroxyl groups is 1. The fraction of sp³-hybridized carbons (Fsp3) is 0.583. The standard InChI is InChI=1S/C36H47N3O10S/c1-16(2)9-24(42)37-18(4)13-50-35-27-26(34-33(47-15-48-34)19(5)32(27)49-20(6)41)23(12-46-14-40)39-29(35)28-25-21(11-22(36(39)44)38(28)7)10-17(3)31(45-8)30(25)43/h10,14,16,18,22-23,28-29,35-36,43-44H,9,11-13,15H2,1-8H3,(H,37,42)/t18-,22-,23+,28+,29?,35-,36+/m1/s1. The van der Waals surface area contributed by atoms with Crippen LogP contribution in [0.3, 0.4) is 0 Å². The first-order valence-electron chi connectivity index (χ1n) is 17.0. The molecule has 272 valence electrons. The van der Waals surface area contributed by atoms with Crippen LogP contribution in [0.25, 0.3) is 0 Å². The Morgan fingerprint density at radius 3 is 2.52 bits per heavy atom. The average Bonchev–Trinajstić information content (AvgIpc) is 3.53. The highest BCUT2D eigenvalue weighted by Crippen LogP contribution is 2.63. The third-order valence-electron chi connectivity index (χ3n) is 10.2. The molecule has 1 unspecified atom stereocenters. The molecule has 0 aromatic heterocycles. The number of thioether (sulfide) groups is 1. The molecule has 0 saturated carbocycles. The Morgan fingerprint density at radius 1 is 1.14 bits per heavy atom. The van der Waals surface area contributed by atoms with Gasteiger partial charge >= 0.3 is 5.97 Å². The Hall–Kier alpha value is -3.72. The van der Waals surface area contributed by atoms with Crippen LogP contribution in [0.1, 0.15) is 84.8 Å². The molecule has 2 aromatic carbocycles. The normalized spacial score (nSPS) is 25.6. The highest BCUT2D eigenvalue weighted by molar-refractivity contribution is 7.99. The summed E-state index contributed by atoms with van der Waals surface area (Å²) in [5.74, 6) is 1.65. The summed E-state index contributed by atoms with van der Waals surface area (Å²) in [5, 5.41) is 26.8. The number of nitrogens with one attached hydrogen (secondary N) is 1. The summed E-state index contributed by atoms with van der Waals surface area (Å²) in [6.45, 7) is 11.1. The molecule has 0 spiro atoms. The second kappa shape index (κ2) is 14.1. The third kappa shape index (κ3) is 6.03. The minimum atomic E-state index is -1.05. The number of amides is 1. The lowest BCUT2D eigenvalue weighted by Crippen LogP contribution is -2.69. The number of aliphatic hydroxyl groups excluding tert-OH is 1. The molecule has 4 heterocycles. The van der Waals surface area contributed by atoms with Crippen molar-refractivity contribution in [2.24, 2.45) is 5.92 Å². The van der Waals surface area contributed by atoms with Crippen LogP contribution in [0.5, 0.6) is 28.7 Å². The summed E-state index contributed by atoms with van der Waals surface area (Å²) < 4.78 is 29.2. The molecule has 2 aromatic rings. The van der Waals surface area contributed by atoms with E-state index in [1.807, 2.05) is 45.7 Å². The van der Waals surface area contributed by atoms with Crippen molar-refractivity contribution in [3.05, 3.63) is 39.4 Å². The van der Waals surface area contributed by atoms with Gasteiger partial charge in [-0.1, -0.05) is 19.9 Å². The number of hydrogen-bond donors (Lipinski definition) is 3. The molecule has 1 saturated heterocycles. The van der Waals surface area contributed by atoms with Crippen LogP contribution >= 0.6 is 11.8 Å². The number of phenolic OH excluding ortho intramolecular Hbond substituents is 1. The number of carbonyl (C=O) groups excluding carboxylic acids is 3.